The van der Waals surface area contributed by atoms with Crippen LogP contribution in [-0.2, 0) is 22.1 Å². The van der Waals surface area contributed by atoms with Crippen LogP contribution in [0.25, 0.3) is 0 Å². The summed E-state index contributed by atoms with van der Waals surface area (Å²) in [5.74, 6) is -0.384. The molecule has 2 rings (SSSR count). The zero-order valence-electron chi connectivity index (χ0n) is 13.4. The van der Waals surface area contributed by atoms with Gasteiger partial charge in [0.25, 0.3) is 0 Å². The summed E-state index contributed by atoms with van der Waals surface area (Å²) in [4.78, 5) is 14.5. The van der Waals surface area contributed by atoms with Gasteiger partial charge in [0.1, 0.15) is 0 Å². The molecule has 6 heteroatoms. The Morgan fingerprint density at radius 3 is 2.43 bits per heavy atom. The number of ether oxygens (including phenoxy) is 1. The molecule has 1 aromatic carbocycles. The van der Waals surface area contributed by atoms with Crippen molar-refractivity contribution in [3.63, 3.8) is 0 Å². The Morgan fingerprint density at radius 2 is 1.87 bits per heavy atom. The molecule has 0 saturated carbocycles. The lowest BCUT2D eigenvalue weighted by molar-refractivity contribution is -0.159. The number of likely N-dealkylation sites (tertiary alicyclic amines) is 1. The Kier molecular flexibility index (Phi) is 5.34. The summed E-state index contributed by atoms with van der Waals surface area (Å²) in [5, 5.41) is 0. The third-order valence-corrected chi connectivity index (χ3v) is 4.50. The molecule has 0 radical (unpaired) electrons. The fraction of sp³-hybridized carbons (Fsp3) is 0.588. The minimum atomic E-state index is -4.42. The van der Waals surface area contributed by atoms with E-state index in [1.54, 1.807) is 13.0 Å². The predicted molar refractivity (Wildman–Crippen MR) is 80.9 cm³/mol. The number of carbonyl (C=O) groups is 1. The minimum absolute atomic E-state index is 0.0648. The molecule has 1 aliphatic rings. The van der Waals surface area contributed by atoms with Gasteiger partial charge in [-0.1, -0.05) is 18.2 Å². The summed E-state index contributed by atoms with van der Waals surface area (Å²) >= 11 is 0. The van der Waals surface area contributed by atoms with Gasteiger partial charge in [0.2, 0.25) is 0 Å². The average molecular weight is 329 g/mol. The topological polar surface area (TPSA) is 29.5 Å². The van der Waals surface area contributed by atoms with Crippen molar-refractivity contribution in [1.82, 2.24) is 4.90 Å². The number of alkyl halides is 3. The van der Waals surface area contributed by atoms with E-state index in [1.807, 2.05) is 7.05 Å². The second-order valence-corrected chi connectivity index (χ2v) is 6.14. The molecule has 3 nitrogen and oxygen atoms in total. The third kappa shape index (κ3) is 4.05. The van der Waals surface area contributed by atoms with Gasteiger partial charge in [-0.3, -0.25) is 4.79 Å². The first kappa shape index (κ1) is 17.8. The van der Waals surface area contributed by atoms with Crippen LogP contribution in [0, 0.1) is 5.41 Å². The van der Waals surface area contributed by atoms with Gasteiger partial charge >= 0.3 is 12.1 Å². The normalized spacial score (nSPS) is 18.7. The van der Waals surface area contributed by atoms with Crippen molar-refractivity contribution in [2.24, 2.45) is 5.41 Å². The van der Waals surface area contributed by atoms with E-state index in [-0.39, 0.29) is 24.6 Å². The van der Waals surface area contributed by atoms with Gasteiger partial charge in [-0.25, -0.2) is 0 Å². The molecule has 0 bridgehead atoms. The Hall–Kier alpha value is -1.56. The number of hydrogen-bond donors (Lipinski definition) is 0. The first-order valence-electron chi connectivity index (χ1n) is 7.79. The van der Waals surface area contributed by atoms with Crippen LogP contribution in [0.1, 0.15) is 30.9 Å². The van der Waals surface area contributed by atoms with Crippen molar-refractivity contribution >= 4 is 5.97 Å². The fourth-order valence-electron chi connectivity index (χ4n) is 3.10. The van der Waals surface area contributed by atoms with E-state index in [9.17, 15) is 18.0 Å². The molecule has 1 fully saturated rings. The molecule has 1 saturated heterocycles. The van der Waals surface area contributed by atoms with Gasteiger partial charge in [-0.2, -0.15) is 13.2 Å². The number of hydrogen-bond acceptors (Lipinski definition) is 3. The maximum absolute atomic E-state index is 13.2. The molecule has 0 unspecified atom stereocenters. The van der Waals surface area contributed by atoms with Crippen LogP contribution < -0.4 is 0 Å². The van der Waals surface area contributed by atoms with E-state index in [0.29, 0.717) is 25.9 Å². The second-order valence-electron chi connectivity index (χ2n) is 6.14. The first-order valence-corrected chi connectivity index (χ1v) is 7.79. The van der Waals surface area contributed by atoms with Gasteiger partial charge in [-0.05, 0) is 58.0 Å². The molecule has 0 aliphatic carbocycles. The number of nitrogens with zero attached hydrogens (tertiary/aromatic N) is 1. The van der Waals surface area contributed by atoms with Gasteiger partial charge in [-0.15, -0.1) is 0 Å². The summed E-state index contributed by atoms with van der Waals surface area (Å²) in [6, 6.07) is 5.49. The van der Waals surface area contributed by atoms with Gasteiger partial charge in [0, 0.05) is 0 Å². The van der Waals surface area contributed by atoms with Crippen LogP contribution in [-0.4, -0.2) is 37.6 Å². The maximum Gasteiger partial charge on any atom is 0.416 e. The minimum Gasteiger partial charge on any atom is -0.466 e. The lowest BCUT2D eigenvalue weighted by atomic mass is 9.73. The number of rotatable bonds is 4. The second kappa shape index (κ2) is 6.91. The van der Waals surface area contributed by atoms with Crippen molar-refractivity contribution < 1.29 is 22.7 Å². The van der Waals surface area contributed by atoms with Crippen molar-refractivity contribution in [2.75, 3.05) is 26.7 Å². The van der Waals surface area contributed by atoms with E-state index < -0.39 is 17.2 Å². The molecule has 1 heterocycles. The van der Waals surface area contributed by atoms with E-state index in [0.717, 1.165) is 6.07 Å². The van der Waals surface area contributed by atoms with Gasteiger partial charge in [0.15, 0.2) is 0 Å². The van der Waals surface area contributed by atoms with Crippen molar-refractivity contribution in [1.29, 1.82) is 0 Å². The molecular weight excluding hydrogens is 307 g/mol. The van der Waals surface area contributed by atoms with Crippen LogP contribution in [0.3, 0.4) is 0 Å². The number of piperidine rings is 1. The smallest absolute Gasteiger partial charge is 0.416 e. The highest BCUT2D eigenvalue weighted by molar-refractivity contribution is 5.77. The quantitative estimate of drug-likeness (QED) is 0.792. The summed E-state index contributed by atoms with van der Waals surface area (Å²) in [7, 11) is 1.94. The monoisotopic (exact) mass is 329 g/mol. The Morgan fingerprint density at radius 1 is 1.26 bits per heavy atom. The largest absolute Gasteiger partial charge is 0.466 e. The molecule has 1 aromatic rings. The van der Waals surface area contributed by atoms with Crippen molar-refractivity contribution in [3.8, 4) is 0 Å². The lowest BCUT2D eigenvalue weighted by Gasteiger charge is -2.39. The molecule has 0 N–H and O–H groups in total. The van der Waals surface area contributed by atoms with Crippen LogP contribution in [0.5, 0.6) is 0 Å². The third-order valence-electron chi connectivity index (χ3n) is 4.50. The number of halogens is 3. The van der Waals surface area contributed by atoms with E-state index in [4.69, 9.17) is 4.74 Å². The van der Waals surface area contributed by atoms with Crippen molar-refractivity contribution in [3.05, 3.63) is 35.4 Å². The predicted octanol–water partition coefficient (Wildman–Crippen LogP) is 3.52. The molecule has 0 amide bonds. The number of benzene rings is 1. The first-order chi connectivity index (χ1) is 10.8. The maximum atomic E-state index is 13.2. The van der Waals surface area contributed by atoms with Gasteiger partial charge in [0.05, 0.1) is 17.6 Å². The standard InChI is InChI=1S/C17H22F3NO2/c1-3-23-15(22)16(8-10-21(2)11-9-16)12-13-6-4-5-7-14(13)17(18,19)20/h4-7H,3,8-12H2,1-2H3. The highest BCUT2D eigenvalue weighted by atomic mass is 19.4. The Bertz CT molecular complexity index is 549. The van der Waals surface area contributed by atoms with Crippen LogP contribution >= 0.6 is 0 Å². The highest BCUT2D eigenvalue weighted by Gasteiger charge is 2.44. The highest BCUT2D eigenvalue weighted by Crippen LogP contribution is 2.40. The summed E-state index contributed by atoms with van der Waals surface area (Å²) in [5.41, 5.74) is -1.37. The number of esters is 1. The van der Waals surface area contributed by atoms with E-state index in [1.165, 1.54) is 12.1 Å². The SMILES string of the molecule is CCOC(=O)C1(Cc2ccccc2C(F)(F)F)CCN(C)CC1. The summed E-state index contributed by atoms with van der Waals surface area (Å²) in [6.45, 7) is 3.29. The van der Waals surface area contributed by atoms with Crippen LogP contribution in [0.2, 0.25) is 0 Å². The molecule has 1 aliphatic heterocycles. The van der Waals surface area contributed by atoms with Gasteiger partial charge < -0.3 is 9.64 Å². The van der Waals surface area contributed by atoms with Crippen molar-refractivity contribution in [2.45, 2.75) is 32.4 Å². The molecule has 0 atom stereocenters. The van der Waals surface area contributed by atoms with E-state index in [2.05, 4.69) is 4.90 Å². The lowest BCUT2D eigenvalue weighted by Crippen LogP contribution is -2.45. The fourth-order valence-corrected chi connectivity index (χ4v) is 3.10. The molecule has 0 spiro atoms. The number of carbonyl (C=O) groups excluding carboxylic acids is 1. The zero-order chi connectivity index (χ0) is 17.1. The van der Waals surface area contributed by atoms with Crippen LogP contribution in [0.4, 0.5) is 13.2 Å². The molecule has 23 heavy (non-hydrogen) atoms. The Balaban J connectivity index is 2.34. The molecule has 128 valence electrons. The summed E-state index contributed by atoms with van der Waals surface area (Å²) < 4.78 is 44.8. The molecular formula is C17H22F3NO2. The van der Waals surface area contributed by atoms with E-state index >= 15 is 0 Å². The average Bonchev–Trinajstić information content (AvgIpc) is 2.49. The summed E-state index contributed by atoms with van der Waals surface area (Å²) in [6.07, 6.45) is -3.34. The molecule has 0 aromatic heterocycles. The zero-order valence-corrected chi connectivity index (χ0v) is 13.4. The Labute approximate surface area is 134 Å². The van der Waals surface area contributed by atoms with Crippen LogP contribution in [0.15, 0.2) is 24.3 Å².